The first-order valence-electron chi connectivity index (χ1n) is 6.57. The molecular weight excluding hydrogens is 259 g/mol. The van der Waals surface area contributed by atoms with Gasteiger partial charge in [-0.05, 0) is 31.0 Å². The Morgan fingerprint density at radius 1 is 1.35 bits per heavy atom. The topological polar surface area (TPSA) is 55.1 Å². The smallest absolute Gasteiger partial charge is 0.224 e. The summed E-state index contributed by atoms with van der Waals surface area (Å²) in [5, 5.41) is 6.63. The van der Waals surface area contributed by atoms with Crippen LogP contribution >= 0.6 is 0 Å². The fourth-order valence-electron chi connectivity index (χ4n) is 1.87. The highest BCUT2D eigenvalue weighted by atomic mass is 19.1. The number of rotatable bonds is 6. The molecule has 106 valence electrons. The number of carbonyl (C=O) groups excluding carboxylic acids is 1. The molecule has 20 heavy (non-hydrogen) atoms. The van der Waals surface area contributed by atoms with E-state index in [1.165, 1.54) is 12.1 Å². The van der Waals surface area contributed by atoms with E-state index >= 15 is 0 Å². The maximum Gasteiger partial charge on any atom is 0.224 e. The Balaban J connectivity index is 1.66. The number of nitrogens with one attached hydrogen (secondary N) is 1. The maximum atomic E-state index is 12.7. The molecule has 0 saturated carbocycles. The molecule has 1 N–H and O–H groups in total. The minimum absolute atomic E-state index is 0.0645. The number of benzene rings is 1. The van der Waals surface area contributed by atoms with Crippen LogP contribution in [-0.4, -0.2) is 17.6 Å². The first-order chi connectivity index (χ1) is 9.63. The lowest BCUT2D eigenvalue weighted by molar-refractivity contribution is -0.120. The summed E-state index contributed by atoms with van der Waals surface area (Å²) in [6.07, 6.45) is 1.81. The van der Waals surface area contributed by atoms with Crippen molar-refractivity contribution in [3.63, 3.8) is 0 Å². The summed E-state index contributed by atoms with van der Waals surface area (Å²) >= 11 is 0. The van der Waals surface area contributed by atoms with E-state index in [2.05, 4.69) is 10.5 Å². The molecule has 0 radical (unpaired) electrons. The van der Waals surface area contributed by atoms with Crippen LogP contribution in [0.5, 0.6) is 0 Å². The third-order valence-electron chi connectivity index (χ3n) is 2.88. The first kappa shape index (κ1) is 14.2. The zero-order valence-corrected chi connectivity index (χ0v) is 11.4. The molecule has 2 aromatic rings. The van der Waals surface area contributed by atoms with Crippen LogP contribution in [0.1, 0.15) is 23.4 Å². The molecule has 1 amide bonds. The molecule has 1 heterocycles. The van der Waals surface area contributed by atoms with Gasteiger partial charge in [0.25, 0.3) is 0 Å². The van der Waals surface area contributed by atoms with Crippen molar-refractivity contribution in [3.8, 4) is 0 Å². The van der Waals surface area contributed by atoms with Gasteiger partial charge in [-0.3, -0.25) is 4.79 Å². The summed E-state index contributed by atoms with van der Waals surface area (Å²) < 4.78 is 17.8. The molecule has 5 heteroatoms. The third-order valence-corrected chi connectivity index (χ3v) is 2.88. The average molecular weight is 276 g/mol. The van der Waals surface area contributed by atoms with E-state index in [-0.39, 0.29) is 18.1 Å². The van der Waals surface area contributed by atoms with Gasteiger partial charge in [0.15, 0.2) is 0 Å². The van der Waals surface area contributed by atoms with Gasteiger partial charge in [0.05, 0.1) is 12.1 Å². The van der Waals surface area contributed by atoms with Gasteiger partial charge in [0.1, 0.15) is 11.6 Å². The number of aryl methyl sites for hydroxylation is 2. The molecule has 2 rings (SSSR count). The lowest BCUT2D eigenvalue weighted by Crippen LogP contribution is -2.26. The zero-order chi connectivity index (χ0) is 14.4. The van der Waals surface area contributed by atoms with Gasteiger partial charge >= 0.3 is 0 Å². The molecular formula is C15H17FN2O2. The van der Waals surface area contributed by atoms with Crippen LogP contribution in [-0.2, 0) is 17.6 Å². The SMILES string of the molecule is Cc1cc(CCCNC(=O)Cc2ccc(F)cc2)on1. The summed E-state index contributed by atoms with van der Waals surface area (Å²) in [6.45, 7) is 2.46. The monoisotopic (exact) mass is 276 g/mol. The molecule has 1 aromatic heterocycles. The van der Waals surface area contributed by atoms with Crippen LogP contribution in [0.4, 0.5) is 4.39 Å². The predicted molar refractivity (Wildman–Crippen MR) is 72.7 cm³/mol. The van der Waals surface area contributed by atoms with Crippen molar-refractivity contribution in [2.45, 2.75) is 26.2 Å². The van der Waals surface area contributed by atoms with Gasteiger partial charge in [-0.15, -0.1) is 0 Å². The van der Waals surface area contributed by atoms with E-state index in [9.17, 15) is 9.18 Å². The van der Waals surface area contributed by atoms with Gasteiger partial charge in [0, 0.05) is 19.0 Å². The molecule has 0 unspecified atom stereocenters. The highest BCUT2D eigenvalue weighted by molar-refractivity contribution is 5.78. The molecule has 0 fully saturated rings. The second kappa shape index (κ2) is 6.84. The number of hydrogen-bond donors (Lipinski definition) is 1. The molecule has 4 nitrogen and oxygen atoms in total. The Morgan fingerprint density at radius 3 is 2.75 bits per heavy atom. The van der Waals surface area contributed by atoms with E-state index < -0.39 is 0 Å². The van der Waals surface area contributed by atoms with Crippen LogP contribution in [0.25, 0.3) is 0 Å². The van der Waals surface area contributed by atoms with Crippen molar-refractivity contribution >= 4 is 5.91 Å². The number of amides is 1. The normalized spacial score (nSPS) is 10.5. The minimum atomic E-state index is -0.295. The van der Waals surface area contributed by atoms with Crippen LogP contribution in [0, 0.1) is 12.7 Å². The van der Waals surface area contributed by atoms with Gasteiger partial charge < -0.3 is 9.84 Å². The Morgan fingerprint density at radius 2 is 2.10 bits per heavy atom. The first-order valence-corrected chi connectivity index (χ1v) is 6.57. The minimum Gasteiger partial charge on any atom is -0.361 e. The number of carbonyl (C=O) groups is 1. The average Bonchev–Trinajstić information content (AvgIpc) is 2.83. The van der Waals surface area contributed by atoms with Crippen molar-refractivity contribution in [1.82, 2.24) is 10.5 Å². The fourth-order valence-corrected chi connectivity index (χ4v) is 1.87. The second-order valence-corrected chi connectivity index (χ2v) is 4.69. The summed E-state index contributed by atoms with van der Waals surface area (Å²) in [7, 11) is 0. The quantitative estimate of drug-likeness (QED) is 0.824. The summed E-state index contributed by atoms with van der Waals surface area (Å²) in [5.74, 6) is 0.470. The molecule has 0 aliphatic rings. The zero-order valence-electron chi connectivity index (χ0n) is 11.4. The van der Waals surface area contributed by atoms with E-state index in [0.717, 1.165) is 29.9 Å². The summed E-state index contributed by atoms with van der Waals surface area (Å²) in [6, 6.07) is 7.84. The van der Waals surface area contributed by atoms with Gasteiger partial charge in [-0.1, -0.05) is 17.3 Å². The molecule has 0 bridgehead atoms. The highest BCUT2D eigenvalue weighted by Gasteiger charge is 2.04. The fraction of sp³-hybridized carbons (Fsp3) is 0.333. The van der Waals surface area contributed by atoms with Crippen LogP contribution in [0.2, 0.25) is 0 Å². The molecule has 0 aliphatic carbocycles. The number of nitrogens with zero attached hydrogens (tertiary/aromatic N) is 1. The van der Waals surface area contributed by atoms with Crippen LogP contribution in [0.15, 0.2) is 34.9 Å². The summed E-state index contributed by atoms with van der Waals surface area (Å²) in [5.41, 5.74) is 1.66. The lowest BCUT2D eigenvalue weighted by Gasteiger charge is -2.04. The third kappa shape index (κ3) is 4.50. The number of hydrogen-bond acceptors (Lipinski definition) is 3. The van der Waals surface area contributed by atoms with Crippen molar-refractivity contribution in [3.05, 3.63) is 53.2 Å². The van der Waals surface area contributed by atoms with E-state index in [1.807, 2.05) is 13.0 Å². The van der Waals surface area contributed by atoms with E-state index in [0.29, 0.717) is 6.54 Å². The van der Waals surface area contributed by atoms with Gasteiger partial charge in [-0.25, -0.2) is 4.39 Å². The second-order valence-electron chi connectivity index (χ2n) is 4.69. The predicted octanol–water partition coefficient (Wildman–Crippen LogP) is 2.41. The van der Waals surface area contributed by atoms with Crippen molar-refractivity contribution < 1.29 is 13.7 Å². The van der Waals surface area contributed by atoms with Crippen LogP contribution < -0.4 is 5.32 Å². The largest absolute Gasteiger partial charge is 0.361 e. The van der Waals surface area contributed by atoms with Gasteiger partial charge in [-0.2, -0.15) is 0 Å². The lowest BCUT2D eigenvalue weighted by atomic mass is 10.1. The molecule has 0 saturated heterocycles. The van der Waals surface area contributed by atoms with Gasteiger partial charge in [0.2, 0.25) is 5.91 Å². The molecule has 1 aromatic carbocycles. The number of aromatic nitrogens is 1. The van der Waals surface area contributed by atoms with Crippen molar-refractivity contribution in [1.29, 1.82) is 0 Å². The molecule has 0 spiro atoms. The molecule has 0 aliphatic heterocycles. The van der Waals surface area contributed by atoms with Crippen molar-refractivity contribution in [2.24, 2.45) is 0 Å². The summed E-state index contributed by atoms with van der Waals surface area (Å²) in [4.78, 5) is 11.7. The number of halogens is 1. The van der Waals surface area contributed by atoms with E-state index in [4.69, 9.17) is 4.52 Å². The highest BCUT2D eigenvalue weighted by Crippen LogP contribution is 2.05. The Bertz CT molecular complexity index is 564. The van der Waals surface area contributed by atoms with E-state index in [1.54, 1.807) is 12.1 Å². The Labute approximate surface area is 117 Å². The Hall–Kier alpha value is -2.17. The molecule has 0 atom stereocenters. The Kier molecular flexibility index (Phi) is 4.87. The van der Waals surface area contributed by atoms with Crippen molar-refractivity contribution in [2.75, 3.05) is 6.54 Å². The maximum absolute atomic E-state index is 12.7. The van der Waals surface area contributed by atoms with Crippen LogP contribution in [0.3, 0.4) is 0 Å². The standard InChI is InChI=1S/C15H17FN2O2/c1-11-9-14(20-18-11)3-2-8-17-15(19)10-12-4-6-13(16)7-5-12/h4-7,9H,2-3,8,10H2,1H3,(H,17,19).